The lowest BCUT2D eigenvalue weighted by Crippen LogP contribution is -2.31. The summed E-state index contributed by atoms with van der Waals surface area (Å²) >= 11 is 0. The zero-order chi connectivity index (χ0) is 17.4. The van der Waals surface area contributed by atoms with Crippen LogP contribution in [0.2, 0.25) is 0 Å². The Morgan fingerprint density at radius 3 is 2.88 bits per heavy atom. The molecular weight excluding hydrogens is 312 g/mol. The molecule has 6 heteroatoms. The van der Waals surface area contributed by atoms with Gasteiger partial charge in [0.15, 0.2) is 5.82 Å². The first-order valence-corrected chi connectivity index (χ1v) is 8.69. The number of pyridine rings is 1. The van der Waals surface area contributed by atoms with Crippen molar-refractivity contribution in [2.45, 2.75) is 39.7 Å². The molecule has 1 aliphatic heterocycles. The van der Waals surface area contributed by atoms with Crippen molar-refractivity contribution >= 4 is 5.82 Å². The monoisotopic (exact) mass is 334 g/mol. The predicted molar refractivity (Wildman–Crippen MR) is 97.4 cm³/mol. The average molecular weight is 334 g/mol. The Balaban J connectivity index is 1.69. The van der Waals surface area contributed by atoms with Gasteiger partial charge in [-0.05, 0) is 25.0 Å². The summed E-state index contributed by atoms with van der Waals surface area (Å²) in [6.07, 6.45) is 4.53. The third-order valence-corrected chi connectivity index (χ3v) is 4.60. The number of hydrogen-bond acceptors (Lipinski definition) is 5. The van der Waals surface area contributed by atoms with E-state index in [2.05, 4.69) is 45.0 Å². The van der Waals surface area contributed by atoms with Crippen molar-refractivity contribution in [1.29, 1.82) is 0 Å². The van der Waals surface area contributed by atoms with Crippen molar-refractivity contribution in [2.24, 2.45) is 0 Å². The number of fused-ring (bicyclic) bond motifs is 1. The Labute approximate surface area is 147 Å². The van der Waals surface area contributed by atoms with Gasteiger partial charge >= 0.3 is 0 Å². The molecule has 0 aliphatic carbocycles. The first kappa shape index (κ1) is 15.7. The van der Waals surface area contributed by atoms with E-state index in [1.807, 2.05) is 19.1 Å². The summed E-state index contributed by atoms with van der Waals surface area (Å²) in [5, 5.41) is 7.73. The van der Waals surface area contributed by atoms with Gasteiger partial charge in [0.2, 0.25) is 0 Å². The average Bonchev–Trinajstić information content (AvgIpc) is 3.05. The van der Waals surface area contributed by atoms with E-state index in [9.17, 15) is 0 Å². The highest BCUT2D eigenvalue weighted by atomic mass is 15.2. The summed E-state index contributed by atoms with van der Waals surface area (Å²) in [6, 6.07) is 5.96. The van der Waals surface area contributed by atoms with Gasteiger partial charge in [0.05, 0.1) is 5.69 Å². The fourth-order valence-corrected chi connectivity index (χ4v) is 3.33. The molecule has 0 atom stereocenters. The number of hydrogen-bond donors (Lipinski definition) is 1. The Morgan fingerprint density at radius 2 is 2.12 bits per heavy atom. The molecule has 3 aromatic heterocycles. The van der Waals surface area contributed by atoms with Gasteiger partial charge in [-0.1, -0.05) is 13.8 Å². The maximum atomic E-state index is 4.80. The molecule has 0 unspecified atom stereocenters. The Bertz CT molecular complexity index is 884. The van der Waals surface area contributed by atoms with Crippen LogP contribution >= 0.6 is 0 Å². The molecule has 1 N–H and O–H groups in total. The minimum atomic E-state index is 0.415. The molecule has 0 bridgehead atoms. The highest BCUT2D eigenvalue weighted by Gasteiger charge is 2.24. The second-order valence-electron chi connectivity index (χ2n) is 6.83. The number of nitrogens with one attached hydrogen (secondary N) is 1. The topological polar surface area (TPSA) is 70.6 Å². The van der Waals surface area contributed by atoms with Crippen molar-refractivity contribution in [1.82, 2.24) is 25.1 Å². The lowest BCUT2D eigenvalue weighted by molar-refractivity contribution is 0.700. The molecule has 6 nitrogen and oxygen atoms in total. The second kappa shape index (κ2) is 6.27. The molecule has 0 saturated carbocycles. The molecule has 0 fully saturated rings. The molecule has 0 spiro atoms. The molecule has 25 heavy (non-hydrogen) atoms. The van der Waals surface area contributed by atoms with E-state index < -0.39 is 0 Å². The van der Waals surface area contributed by atoms with Crippen LogP contribution in [0.4, 0.5) is 5.82 Å². The van der Waals surface area contributed by atoms with Crippen LogP contribution in [-0.4, -0.2) is 31.7 Å². The first-order valence-electron chi connectivity index (χ1n) is 8.69. The van der Waals surface area contributed by atoms with E-state index in [1.165, 1.54) is 11.3 Å². The van der Waals surface area contributed by atoms with Crippen LogP contribution in [-0.2, 0) is 13.0 Å². The van der Waals surface area contributed by atoms with Crippen LogP contribution in [0.3, 0.4) is 0 Å². The SMILES string of the molecule is Cc1cc(N2CCc3[nH]nc(C(C)C)c3C2)nc(-c2cccnc2)n1. The Hall–Kier alpha value is -2.76. The van der Waals surface area contributed by atoms with Gasteiger partial charge in [0, 0.05) is 60.5 Å². The number of anilines is 1. The van der Waals surface area contributed by atoms with Gasteiger partial charge in [-0.3, -0.25) is 10.1 Å². The molecule has 0 aromatic carbocycles. The van der Waals surface area contributed by atoms with E-state index in [1.54, 1.807) is 12.4 Å². The third kappa shape index (κ3) is 2.99. The number of H-pyrrole nitrogens is 1. The first-order chi connectivity index (χ1) is 12.1. The lowest BCUT2D eigenvalue weighted by atomic mass is 9.99. The number of aromatic amines is 1. The number of rotatable bonds is 3. The van der Waals surface area contributed by atoms with Crippen molar-refractivity contribution in [3.05, 3.63) is 53.2 Å². The smallest absolute Gasteiger partial charge is 0.163 e. The standard InChI is InChI=1S/C19H22N6/c1-12(2)18-15-11-25(8-6-16(15)23-24-18)17-9-13(3)21-19(22-17)14-5-4-7-20-10-14/h4-5,7,9-10,12H,6,8,11H2,1-3H3,(H,23,24). The fraction of sp³-hybridized carbons (Fsp3) is 0.368. The third-order valence-electron chi connectivity index (χ3n) is 4.60. The van der Waals surface area contributed by atoms with Crippen molar-refractivity contribution in [3.63, 3.8) is 0 Å². The summed E-state index contributed by atoms with van der Waals surface area (Å²) in [6.45, 7) is 8.14. The molecule has 128 valence electrons. The zero-order valence-corrected chi connectivity index (χ0v) is 14.8. The predicted octanol–water partition coefficient (Wildman–Crippen LogP) is 3.26. The van der Waals surface area contributed by atoms with E-state index in [4.69, 9.17) is 4.98 Å². The zero-order valence-electron chi connectivity index (χ0n) is 14.8. The number of nitrogens with zero attached hydrogens (tertiary/aromatic N) is 5. The summed E-state index contributed by atoms with van der Waals surface area (Å²) < 4.78 is 0. The van der Waals surface area contributed by atoms with Crippen LogP contribution < -0.4 is 4.90 Å². The number of aromatic nitrogens is 5. The minimum Gasteiger partial charge on any atom is -0.352 e. The maximum Gasteiger partial charge on any atom is 0.163 e. The van der Waals surface area contributed by atoms with Crippen LogP contribution in [0.5, 0.6) is 0 Å². The Morgan fingerprint density at radius 1 is 1.24 bits per heavy atom. The molecule has 0 radical (unpaired) electrons. The van der Waals surface area contributed by atoms with Gasteiger partial charge in [0.25, 0.3) is 0 Å². The molecule has 3 aromatic rings. The number of aryl methyl sites for hydroxylation is 1. The van der Waals surface area contributed by atoms with Gasteiger partial charge in [0.1, 0.15) is 5.82 Å². The summed E-state index contributed by atoms with van der Waals surface area (Å²) in [4.78, 5) is 15.9. The van der Waals surface area contributed by atoms with Crippen molar-refractivity contribution in [3.8, 4) is 11.4 Å². The second-order valence-corrected chi connectivity index (χ2v) is 6.83. The fourth-order valence-electron chi connectivity index (χ4n) is 3.33. The summed E-state index contributed by atoms with van der Waals surface area (Å²) in [7, 11) is 0. The quantitative estimate of drug-likeness (QED) is 0.796. The van der Waals surface area contributed by atoms with Gasteiger partial charge in [-0.25, -0.2) is 9.97 Å². The van der Waals surface area contributed by atoms with E-state index in [0.717, 1.165) is 48.1 Å². The molecular formula is C19H22N6. The van der Waals surface area contributed by atoms with E-state index in [-0.39, 0.29) is 0 Å². The largest absolute Gasteiger partial charge is 0.352 e. The van der Waals surface area contributed by atoms with Crippen molar-refractivity contribution in [2.75, 3.05) is 11.4 Å². The molecule has 0 amide bonds. The van der Waals surface area contributed by atoms with Crippen molar-refractivity contribution < 1.29 is 0 Å². The van der Waals surface area contributed by atoms with E-state index in [0.29, 0.717) is 5.92 Å². The molecule has 0 saturated heterocycles. The molecule has 1 aliphatic rings. The van der Waals surface area contributed by atoms with Crippen LogP contribution in [0.15, 0.2) is 30.6 Å². The molecule has 4 heterocycles. The lowest BCUT2D eigenvalue weighted by Gasteiger charge is -2.29. The van der Waals surface area contributed by atoms with Crippen LogP contribution in [0.25, 0.3) is 11.4 Å². The Kier molecular flexibility index (Phi) is 3.95. The highest BCUT2D eigenvalue weighted by molar-refractivity contribution is 5.57. The van der Waals surface area contributed by atoms with Gasteiger partial charge in [-0.2, -0.15) is 5.10 Å². The van der Waals surface area contributed by atoms with Crippen LogP contribution in [0, 0.1) is 6.92 Å². The minimum absolute atomic E-state index is 0.415. The molecule has 4 rings (SSSR count). The van der Waals surface area contributed by atoms with Crippen LogP contribution in [0.1, 0.15) is 42.4 Å². The normalized spacial score (nSPS) is 14.0. The van der Waals surface area contributed by atoms with Gasteiger partial charge < -0.3 is 4.90 Å². The maximum absolute atomic E-state index is 4.80. The highest BCUT2D eigenvalue weighted by Crippen LogP contribution is 2.29. The van der Waals surface area contributed by atoms with E-state index >= 15 is 0 Å². The summed E-state index contributed by atoms with van der Waals surface area (Å²) in [5.41, 5.74) is 5.65. The van der Waals surface area contributed by atoms with Gasteiger partial charge in [-0.15, -0.1) is 0 Å². The summed E-state index contributed by atoms with van der Waals surface area (Å²) in [5.74, 6) is 2.11.